The van der Waals surface area contributed by atoms with Gasteiger partial charge in [-0.3, -0.25) is 0 Å². The molecule has 6 heavy (non-hydrogen) atoms. The zero-order chi connectivity index (χ0) is 4.83. The molecule has 4 heteroatoms. The maximum absolute atomic E-state index is 5.40. The van der Waals surface area contributed by atoms with Crippen LogP contribution in [0.25, 0.3) is 0 Å². The molecule has 0 atom stereocenters. The number of rotatable bonds is 2. The third-order valence-corrected chi connectivity index (χ3v) is 3.10. The highest BCUT2D eigenvalue weighted by Crippen LogP contribution is 1.73. The Labute approximate surface area is 51.6 Å². The highest BCUT2D eigenvalue weighted by atomic mass is 35.6. The first kappa shape index (κ1) is 6.75. The average Bonchev–Trinajstić information content (AvgIpc) is 1.61. The lowest BCUT2D eigenvalue weighted by atomic mass is 11.2. The SMILES string of the molecule is Cl[SiH2]/C=C/[SiH2]Cl. The van der Waals surface area contributed by atoms with Gasteiger partial charge in [-0.2, -0.15) is 22.2 Å². The fourth-order valence-electron chi connectivity index (χ4n) is 0.126. The summed E-state index contributed by atoms with van der Waals surface area (Å²) in [5.41, 5.74) is 4.03. The van der Waals surface area contributed by atoms with E-state index < -0.39 is 0 Å². The van der Waals surface area contributed by atoms with Crippen LogP contribution in [0.4, 0.5) is 0 Å². The quantitative estimate of drug-likeness (QED) is 0.394. The lowest BCUT2D eigenvalue weighted by Crippen LogP contribution is -1.68. The Balaban J connectivity index is 2.73. The second-order valence-corrected chi connectivity index (χ2v) is 4.19. The van der Waals surface area contributed by atoms with Gasteiger partial charge in [0.05, 0.1) is 0 Å². The number of hydrogen-bond acceptors (Lipinski definition) is 0. The lowest BCUT2D eigenvalue weighted by Gasteiger charge is -1.67. The van der Waals surface area contributed by atoms with E-state index in [9.17, 15) is 0 Å². The molecule has 0 fully saturated rings. The topological polar surface area (TPSA) is 0 Å². The molecule has 0 heterocycles. The van der Waals surface area contributed by atoms with Gasteiger partial charge in [0.15, 0.2) is 0 Å². The number of halogens is 2. The van der Waals surface area contributed by atoms with Crippen LogP contribution in [0.2, 0.25) is 0 Å². The van der Waals surface area contributed by atoms with E-state index in [1.54, 1.807) is 0 Å². The zero-order valence-electron chi connectivity index (χ0n) is 3.32. The molecule has 0 aromatic carbocycles. The van der Waals surface area contributed by atoms with Crippen LogP contribution >= 0.6 is 22.2 Å². The molecule has 36 valence electrons. The van der Waals surface area contributed by atoms with E-state index in [0.717, 1.165) is 0 Å². The third-order valence-electron chi connectivity index (χ3n) is 0.345. The molecule has 0 amide bonds. The van der Waals surface area contributed by atoms with Gasteiger partial charge in [-0.15, -0.1) is 0 Å². The second-order valence-electron chi connectivity index (χ2n) is 0.780. The molecule has 0 saturated heterocycles. The molecule has 0 radical (unpaired) electrons. The minimum atomic E-state index is -0.355. The summed E-state index contributed by atoms with van der Waals surface area (Å²) in [6, 6.07) is 0. The summed E-state index contributed by atoms with van der Waals surface area (Å²) in [7, 11) is -0.710. The highest BCUT2D eigenvalue weighted by Gasteiger charge is 1.66. The van der Waals surface area contributed by atoms with Crippen molar-refractivity contribution in [3.05, 3.63) is 11.4 Å². The summed E-state index contributed by atoms with van der Waals surface area (Å²) in [5, 5.41) is 0. The predicted molar refractivity (Wildman–Crippen MR) is 37.9 cm³/mol. The number of hydrogen-bond donors (Lipinski definition) is 0. The largest absolute Gasteiger partial charge is 0.171 e. The second kappa shape index (κ2) is 5.75. The summed E-state index contributed by atoms with van der Waals surface area (Å²) in [6.07, 6.45) is 0. The molecule has 0 aromatic rings. The van der Waals surface area contributed by atoms with E-state index in [-0.39, 0.29) is 17.7 Å². The van der Waals surface area contributed by atoms with Crippen LogP contribution in [0, 0.1) is 0 Å². The van der Waals surface area contributed by atoms with E-state index in [0.29, 0.717) is 0 Å². The Hall–Kier alpha value is 0.754. The van der Waals surface area contributed by atoms with Crippen molar-refractivity contribution in [1.82, 2.24) is 0 Å². The van der Waals surface area contributed by atoms with Gasteiger partial charge < -0.3 is 0 Å². The van der Waals surface area contributed by atoms with Gasteiger partial charge in [0, 0.05) is 0 Å². The highest BCUT2D eigenvalue weighted by molar-refractivity contribution is 7.00. The van der Waals surface area contributed by atoms with Gasteiger partial charge in [0.1, 0.15) is 17.7 Å². The molecule has 0 unspecified atom stereocenters. The summed E-state index contributed by atoms with van der Waals surface area (Å²) >= 11 is 10.8. The van der Waals surface area contributed by atoms with Crippen molar-refractivity contribution in [2.75, 3.05) is 0 Å². The van der Waals surface area contributed by atoms with Crippen LogP contribution < -0.4 is 0 Å². The van der Waals surface area contributed by atoms with E-state index in [4.69, 9.17) is 22.2 Å². The summed E-state index contributed by atoms with van der Waals surface area (Å²) in [4.78, 5) is 0. The molecule has 0 aromatic heterocycles. The van der Waals surface area contributed by atoms with Crippen LogP contribution in [0.3, 0.4) is 0 Å². The molecule has 0 rings (SSSR count). The fourth-order valence-corrected chi connectivity index (χ4v) is 3.40. The van der Waals surface area contributed by atoms with Crippen molar-refractivity contribution < 1.29 is 0 Å². The van der Waals surface area contributed by atoms with Crippen LogP contribution in [0.1, 0.15) is 0 Å². The van der Waals surface area contributed by atoms with E-state index in [1.807, 2.05) is 11.4 Å². The molecule has 0 nitrogen and oxygen atoms in total. The van der Waals surface area contributed by atoms with Crippen molar-refractivity contribution in [3.63, 3.8) is 0 Å². The predicted octanol–water partition coefficient (Wildman–Crippen LogP) is 0.103. The van der Waals surface area contributed by atoms with Crippen molar-refractivity contribution in [2.45, 2.75) is 0 Å². The Morgan fingerprint density at radius 1 is 1.00 bits per heavy atom. The monoisotopic (exact) mass is 156 g/mol. The first-order chi connectivity index (χ1) is 2.91. The molecule has 0 aliphatic carbocycles. The first-order valence-electron chi connectivity index (χ1n) is 1.68. The van der Waals surface area contributed by atoms with Gasteiger partial charge in [0.25, 0.3) is 0 Å². The first-order valence-corrected chi connectivity index (χ1v) is 7.59. The molecular formula is C2H6Cl2Si2. The van der Waals surface area contributed by atoms with Gasteiger partial charge >= 0.3 is 0 Å². The minimum Gasteiger partial charge on any atom is -0.171 e. The Kier molecular flexibility index (Phi) is 6.48. The van der Waals surface area contributed by atoms with Crippen LogP contribution in [-0.4, -0.2) is 17.7 Å². The van der Waals surface area contributed by atoms with Crippen molar-refractivity contribution in [1.29, 1.82) is 0 Å². The lowest BCUT2D eigenvalue weighted by molar-refractivity contribution is 2.47. The molecule has 0 N–H and O–H groups in total. The molecule has 0 aliphatic rings. The minimum absolute atomic E-state index is 0.355. The van der Waals surface area contributed by atoms with E-state index in [2.05, 4.69) is 0 Å². The van der Waals surface area contributed by atoms with E-state index >= 15 is 0 Å². The van der Waals surface area contributed by atoms with Crippen LogP contribution in [-0.2, 0) is 0 Å². The van der Waals surface area contributed by atoms with Crippen molar-refractivity contribution >= 4 is 39.8 Å². The van der Waals surface area contributed by atoms with E-state index in [1.165, 1.54) is 0 Å². The molecule has 0 aliphatic heterocycles. The summed E-state index contributed by atoms with van der Waals surface area (Å²) in [5.74, 6) is 0. The molecule has 0 saturated carbocycles. The van der Waals surface area contributed by atoms with Gasteiger partial charge in [-0.05, 0) is 0 Å². The van der Waals surface area contributed by atoms with Crippen LogP contribution in [0.5, 0.6) is 0 Å². The Morgan fingerprint density at radius 2 is 1.33 bits per heavy atom. The molecular weight excluding hydrogens is 151 g/mol. The van der Waals surface area contributed by atoms with Crippen LogP contribution in [0.15, 0.2) is 11.4 Å². The normalized spacial score (nSPS) is 14.3. The van der Waals surface area contributed by atoms with Crippen molar-refractivity contribution in [2.24, 2.45) is 0 Å². The third kappa shape index (κ3) is 4.75. The molecule has 0 bridgehead atoms. The zero-order valence-corrected chi connectivity index (χ0v) is 7.67. The average molecular weight is 157 g/mol. The maximum atomic E-state index is 5.40. The molecule has 0 spiro atoms. The Morgan fingerprint density at radius 3 is 1.50 bits per heavy atom. The fraction of sp³-hybridized carbons (Fsp3) is 0. The standard InChI is InChI=1S/C2H6Cl2Si2/c3-5-1-2-6-4/h1-2H,5-6H2/b2-1+. The van der Waals surface area contributed by atoms with Gasteiger partial charge in [-0.25, -0.2) is 0 Å². The van der Waals surface area contributed by atoms with Gasteiger partial charge in [-0.1, -0.05) is 11.4 Å². The Bertz CT molecular complexity index is 38.8. The van der Waals surface area contributed by atoms with Gasteiger partial charge in [0.2, 0.25) is 0 Å². The maximum Gasteiger partial charge on any atom is 0.148 e. The summed E-state index contributed by atoms with van der Waals surface area (Å²) < 4.78 is 0. The summed E-state index contributed by atoms with van der Waals surface area (Å²) in [6.45, 7) is 0. The van der Waals surface area contributed by atoms with Crippen molar-refractivity contribution in [3.8, 4) is 0 Å². The smallest absolute Gasteiger partial charge is 0.148 e.